The number of nitrogens with one attached hydrogen (secondary N) is 2. The molecular weight excluding hydrogens is 418 g/mol. The molecule has 1 saturated carbocycles. The average Bonchev–Trinajstić information content (AvgIpc) is 3.56. The summed E-state index contributed by atoms with van der Waals surface area (Å²) in [6.45, 7) is 4.96. The van der Waals surface area contributed by atoms with Gasteiger partial charge in [0.15, 0.2) is 0 Å². The number of piperazine rings is 1. The first-order valence-corrected chi connectivity index (χ1v) is 11.9. The number of fused-ring (bicyclic) bond motifs is 1. The largest absolute Gasteiger partial charge is 0.335 e. The van der Waals surface area contributed by atoms with Crippen LogP contribution < -0.4 is 10.6 Å². The third kappa shape index (κ3) is 4.70. The zero-order valence-corrected chi connectivity index (χ0v) is 18.5. The molecule has 0 radical (unpaired) electrons. The van der Waals surface area contributed by atoms with Crippen molar-refractivity contribution in [3.8, 4) is 0 Å². The van der Waals surface area contributed by atoms with Gasteiger partial charge in [0.2, 0.25) is 15.9 Å². The minimum Gasteiger partial charge on any atom is -0.335 e. The molecule has 1 saturated heterocycles. The van der Waals surface area contributed by atoms with Gasteiger partial charge >= 0.3 is 6.03 Å². The Hall–Kier alpha value is -2.56. The highest BCUT2D eigenvalue weighted by atomic mass is 32.2. The first-order chi connectivity index (χ1) is 14.8. The molecule has 1 unspecified atom stereocenters. The van der Waals surface area contributed by atoms with Crippen LogP contribution in [0.4, 0.5) is 4.79 Å². The number of amides is 3. The number of benzene rings is 1. The van der Waals surface area contributed by atoms with E-state index in [4.69, 9.17) is 0 Å². The minimum atomic E-state index is -3.72. The van der Waals surface area contributed by atoms with Crippen LogP contribution in [0.3, 0.4) is 0 Å². The van der Waals surface area contributed by atoms with Crippen LogP contribution in [0, 0.1) is 6.92 Å². The summed E-state index contributed by atoms with van der Waals surface area (Å²) in [7, 11) is -3.72. The summed E-state index contributed by atoms with van der Waals surface area (Å²) >= 11 is 0. The Morgan fingerprint density at radius 1 is 1.16 bits per heavy atom. The van der Waals surface area contributed by atoms with Crippen molar-refractivity contribution in [3.05, 3.63) is 36.0 Å². The highest BCUT2D eigenvalue weighted by Crippen LogP contribution is 2.26. The fourth-order valence-electron chi connectivity index (χ4n) is 3.75. The zero-order chi connectivity index (χ0) is 22.2. The molecule has 1 aliphatic carbocycles. The number of urea groups is 1. The van der Waals surface area contributed by atoms with Gasteiger partial charge in [-0.1, -0.05) is 12.1 Å². The number of hydrogen-bond donors (Lipinski definition) is 2. The number of nitrogens with zero attached hydrogens (tertiary/aromatic N) is 3. The number of para-hydroxylation sites is 1. The van der Waals surface area contributed by atoms with Crippen molar-refractivity contribution in [1.82, 2.24) is 24.8 Å². The first-order valence-electron chi connectivity index (χ1n) is 10.5. The fraction of sp³-hybridized carbons (Fsp3) is 0.476. The van der Waals surface area contributed by atoms with Crippen molar-refractivity contribution in [1.29, 1.82) is 0 Å². The van der Waals surface area contributed by atoms with E-state index in [9.17, 15) is 18.0 Å². The lowest BCUT2D eigenvalue weighted by Crippen LogP contribution is -2.56. The SMILES string of the molecule is Cc1cnc2c(S(=O)(=O)N3CCN(C(C)C(=O)NC(=O)NC4CC4)CC3)cccc2c1. The lowest BCUT2D eigenvalue weighted by molar-refractivity contribution is -0.125. The number of sulfonamides is 1. The number of hydrogen-bond acceptors (Lipinski definition) is 6. The van der Waals surface area contributed by atoms with Crippen LogP contribution in [-0.4, -0.2) is 72.8 Å². The van der Waals surface area contributed by atoms with E-state index in [0.717, 1.165) is 23.8 Å². The Bertz CT molecular complexity index is 1110. The maximum atomic E-state index is 13.3. The van der Waals surface area contributed by atoms with Crippen LogP contribution >= 0.6 is 0 Å². The van der Waals surface area contributed by atoms with Gasteiger partial charge in [-0.15, -0.1) is 0 Å². The molecule has 31 heavy (non-hydrogen) atoms. The van der Waals surface area contributed by atoms with Crippen molar-refractivity contribution in [2.75, 3.05) is 26.2 Å². The fourth-order valence-corrected chi connectivity index (χ4v) is 5.34. The maximum Gasteiger partial charge on any atom is 0.321 e. The van der Waals surface area contributed by atoms with Gasteiger partial charge in [0, 0.05) is 43.8 Å². The predicted octanol–water partition coefficient (Wildman–Crippen LogP) is 1.23. The average molecular weight is 446 g/mol. The quantitative estimate of drug-likeness (QED) is 0.716. The molecule has 2 N–H and O–H groups in total. The number of pyridine rings is 1. The topological polar surface area (TPSA) is 112 Å². The normalized spacial score (nSPS) is 19.2. The smallest absolute Gasteiger partial charge is 0.321 e. The monoisotopic (exact) mass is 445 g/mol. The van der Waals surface area contributed by atoms with Crippen molar-refractivity contribution in [2.24, 2.45) is 0 Å². The molecule has 2 heterocycles. The third-order valence-electron chi connectivity index (χ3n) is 5.78. The number of imide groups is 1. The summed E-state index contributed by atoms with van der Waals surface area (Å²) in [5.41, 5.74) is 1.43. The van der Waals surface area contributed by atoms with E-state index in [1.807, 2.05) is 24.0 Å². The zero-order valence-electron chi connectivity index (χ0n) is 17.7. The Morgan fingerprint density at radius 2 is 1.87 bits per heavy atom. The lowest BCUT2D eigenvalue weighted by Gasteiger charge is -2.36. The highest BCUT2D eigenvalue weighted by molar-refractivity contribution is 7.89. The van der Waals surface area contributed by atoms with E-state index < -0.39 is 22.1 Å². The molecule has 1 aliphatic heterocycles. The van der Waals surface area contributed by atoms with E-state index in [2.05, 4.69) is 15.6 Å². The summed E-state index contributed by atoms with van der Waals surface area (Å²) in [5.74, 6) is -0.386. The van der Waals surface area contributed by atoms with Crippen LogP contribution in [0.1, 0.15) is 25.3 Å². The lowest BCUT2D eigenvalue weighted by atomic mass is 10.2. The predicted molar refractivity (Wildman–Crippen MR) is 116 cm³/mol. The number of carbonyl (C=O) groups excluding carboxylic acids is 2. The first kappa shape index (κ1) is 21.7. The highest BCUT2D eigenvalue weighted by Gasteiger charge is 2.33. The second-order valence-electron chi connectivity index (χ2n) is 8.19. The molecule has 166 valence electrons. The minimum absolute atomic E-state index is 0.171. The van der Waals surface area contributed by atoms with E-state index in [-0.39, 0.29) is 29.9 Å². The Labute approximate surface area is 181 Å². The van der Waals surface area contributed by atoms with E-state index in [1.165, 1.54) is 4.31 Å². The van der Waals surface area contributed by atoms with Crippen LogP contribution in [0.2, 0.25) is 0 Å². The molecule has 0 bridgehead atoms. The van der Waals surface area contributed by atoms with Crippen molar-refractivity contribution in [2.45, 2.75) is 43.7 Å². The molecule has 0 spiro atoms. The van der Waals surface area contributed by atoms with Crippen LogP contribution in [0.15, 0.2) is 35.4 Å². The van der Waals surface area contributed by atoms with Crippen molar-refractivity contribution >= 4 is 32.9 Å². The van der Waals surface area contributed by atoms with Crippen LogP contribution in [-0.2, 0) is 14.8 Å². The van der Waals surface area contributed by atoms with E-state index in [0.29, 0.717) is 18.6 Å². The van der Waals surface area contributed by atoms with Gasteiger partial charge in [-0.3, -0.25) is 20.0 Å². The van der Waals surface area contributed by atoms with Gasteiger partial charge in [0.25, 0.3) is 0 Å². The number of carbonyl (C=O) groups is 2. The summed E-state index contributed by atoms with van der Waals surface area (Å²) < 4.78 is 28.0. The molecular formula is C21H27N5O4S. The Morgan fingerprint density at radius 3 is 2.55 bits per heavy atom. The molecule has 1 aromatic heterocycles. The summed E-state index contributed by atoms with van der Waals surface area (Å²) in [6, 6.07) is 6.25. The summed E-state index contributed by atoms with van der Waals surface area (Å²) in [5, 5.41) is 5.88. The molecule has 10 heteroatoms. The van der Waals surface area contributed by atoms with Gasteiger partial charge in [-0.25, -0.2) is 13.2 Å². The molecule has 9 nitrogen and oxygen atoms in total. The molecule has 2 aromatic rings. The van der Waals surface area contributed by atoms with Gasteiger partial charge in [-0.05, 0) is 44.4 Å². The molecule has 3 amide bonds. The molecule has 2 fully saturated rings. The van der Waals surface area contributed by atoms with Gasteiger partial charge in [-0.2, -0.15) is 4.31 Å². The second-order valence-corrected chi connectivity index (χ2v) is 10.1. The molecule has 2 aliphatic rings. The van der Waals surface area contributed by atoms with Crippen LogP contribution in [0.25, 0.3) is 10.9 Å². The summed E-state index contributed by atoms with van der Waals surface area (Å²) in [6.07, 6.45) is 3.55. The summed E-state index contributed by atoms with van der Waals surface area (Å²) in [4.78, 5) is 30.6. The van der Waals surface area contributed by atoms with Gasteiger partial charge < -0.3 is 5.32 Å². The Balaban J connectivity index is 1.41. The number of rotatable bonds is 5. The third-order valence-corrected chi connectivity index (χ3v) is 7.71. The Kier molecular flexibility index (Phi) is 5.96. The number of aromatic nitrogens is 1. The van der Waals surface area contributed by atoms with Crippen LogP contribution in [0.5, 0.6) is 0 Å². The van der Waals surface area contributed by atoms with Gasteiger partial charge in [0.1, 0.15) is 4.90 Å². The standard InChI is InChI=1S/C21H27N5O4S/c1-14-12-16-4-3-5-18(19(16)22-13-14)31(29,30)26-10-8-25(9-11-26)15(2)20(27)24-21(28)23-17-6-7-17/h3-5,12-13,15,17H,6-11H2,1-2H3,(H2,23,24,27,28). The van der Waals surface area contributed by atoms with Gasteiger partial charge in [0.05, 0.1) is 11.6 Å². The van der Waals surface area contributed by atoms with E-state index in [1.54, 1.807) is 25.3 Å². The molecule has 1 atom stereocenters. The van der Waals surface area contributed by atoms with Crippen molar-refractivity contribution < 1.29 is 18.0 Å². The molecule has 4 rings (SSSR count). The maximum absolute atomic E-state index is 13.3. The molecule has 1 aromatic carbocycles. The number of aryl methyl sites for hydroxylation is 1. The van der Waals surface area contributed by atoms with Crippen molar-refractivity contribution in [3.63, 3.8) is 0 Å². The van der Waals surface area contributed by atoms with E-state index >= 15 is 0 Å². The second kappa shape index (κ2) is 8.52.